The van der Waals surface area contributed by atoms with E-state index in [0.717, 1.165) is 19.4 Å². The van der Waals surface area contributed by atoms with Gasteiger partial charge in [-0.1, -0.05) is 12.2 Å². The van der Waals surface area contributed by atoms with E-state index in [9.17, 15) is 4.79 Å². The van der Waals surface area contributed by atoms with Gasteiger partial charge in [-0.15, -0.1) is 0 Å². The van der Waals surface area contributed by atoms with E-state index in [-0.39, 0.29) is 5.92 Å². The minimum absolute atomic E-state index is 0.247. The van der Waals surface area contributed by atoms with Crippen molar-refractivity contribution in [2.24, 2.45) is 11.7 Å². The highest BCUT2D eigenvalue weighted by Crippen LogP contribution is 2.15. The number of carboxylic acid groups (broad SMARTS) is 1. The van der Waals surface area contributed by atoms with Gasteiger partial charge in [0.25, 0.3) is 0 Å². The zero-order chi connectivity index (χ0) is 9.84. The van der Waals surface area contributed by atoms with Crippen LogP contribution in [0.5, 0.6) is 0 Å². The maximum absolute atomic E-state index is 10.7. The second kappa shape index (κ2) is 4.53. The molecule has 13 heavy (non-hydrogen) atoms. The highest BCUT2D eigenvalue weighted by Gasteiger charge is 2.25. The summed E-state index contributed by atoms with van der Waals surface area (Å²) >= 11 is 4.77. The van der Waals surface area contributed by atoms with Crippen LogP contribution in [0, 0.1) is 5.92 Å². The number of rotatable bonds is 3. The summed E-state index contributed by atoms with van der Waals surface area (Å²) in [5, 5.41) is 8.80. The van der Waals surface area contributed by atoms with Crippen molar-refractivity contribution in [2.75, 3.05) is 19.6 Å². The molecule has 1 aliphatic rings. The summed E-state index contributed by atoms with van der Waals surface area (Å²) in [6.07, 6.45) is 1.68. The van der Waals surface area contributed by atoms with Gasteiger partial charge >= 0.3 is 5.97 Å². The van der Waals surface area contributed by atoms with Crippen LogP contribution in [0.2, 0.25) is 0 Å². The Morgan fingerprint density at radius 1 is 1.69 bits per heavy atom. The summed E-state index contributed by atoms with van der Waals surface area (Å²) in [4.78, 5) is 13.1. The van der Waals surface area contributed by atoms with Gasteiger partial charge in [-0.3, -0.25) is 9.69 Å². The predicted molar refractivity (Wildman–Crippen MR) is 53.6 cm³/mol. The number of hydrogen-bond donors (Lipinski definition) is 2. The first-order valence-corrected chi connectivity index (χ1v) is 4.74. The summed E-state index contributed by atoms with van der Waals surface area (Å²) in [5.41, 5.74) is 5.39. The van der Waals surface area contributed by atoms with E-state index < -0.39 is 5.97 Å². The molecule has 0 aromatic heterocycles. The van der Waals surface area contributed by atoms with Gasteiger partial charge in [0.1, 0.15) is 0 Å². The molecular formula is C8H14N2O2S. The first-order chi connectivity index (χ1) is 6.09. The van der Waals surface area contributed by atoms with Crippen LogP contribution in [0.1, 0.15) is 12.8 Å². The lowest BCUT2D eigenvalue weighted by molar-refractivity contribution is -0.143. The molecule has 0 aliphatic carbocycles. The molecule has 1 atom stereocenters. The van der Waals surface area contributed by atoms with Gasteiger partial charge in [0, 0.05) is 13.1 Å². The Bertz CT molecular complexity index is 220. The van der Waals surface area contributed by atoms with Crippen LogP contribution < -0.4 is 5.73 Å². The zero-order valence-electron chi connectivity index (χ0n) is 7.40. The average Bonchev–Trinajstić information content (AvgIpc) is 2.03. The molecule has 1 rings (SSSR count). The second-order valence-electron chi connectivity index (χ2n) is 3.38. The number of carbonyl (C=O) groups is 1. The van der Waals surface area contributed by atoms with Crippen molar-refractivity contribution < 1.29 is 9.90 Å². The van der Waals surface area contributed by atoms with Crippen molar-refractivity contribution in [3.8, 4) is 0 Å². The molecule has 1 fully saturated rings. The molecule has 0 aromatic carbocycles. The lowest BCUT2D eigenvalue weighted by Gasteiger charge is -2.29. The fraction of sp³-hybridized carbons (Fsp3) is 0.750. The molecule has 1 aliphatic heterocycles. The van der Waals surface area contributed by atoms with Crippen molar-refractivity contribution >= 4 is 23.2 Å². The van der Waals surface area contributed by atoms with Gasteiger partial charge in [0.2, 0.25) is 0 Å². The lowest BCUT2D eigenvalue weighted by Crippen LogP contribution is -2.42. The molecule has 74 valence electrons. The molecule has 1 heterocycles. The number of likely N-dealkylation sites (tertiary alicyclic amines) is 1. The Labute approximate surface area is 82.7 Å². The molecule has 0 aromatic rings. The minimum Gasteiger partial charge on any atom is -0.481 e. The van der Waals surface area contributed by atoms with Crippen LogP contribution in [0.25, 0.3) is 0 Å². The van der Waals surface area contributed by atoms with Crippen LogP contribution in [0.15, 0.2) is 0 Å². The predicted octanol–water partition coefficient (Wildman–Crippen LogP) is 0.0691. The summed E-state index contributed by atoms with van der Waals surface area (Å²) in [7, 11) is 0. The van der Waals surface area contributed by atoms with Crippen molar-refractivity contribution in [3.05, 3.63) is 0 Å². The number of nitrogens with zero attached hydrogens (tertiary/aromatic N) is 1. The van der Waals surface area contributed by atoms with Crippen molar-refractivity contribution in [1.82, 2.24) is 4.90 Å². The van der Waals surface area contributed by atoms with Crippen LogP contribution in [-0.4, -0.2) is 40.6 Å². The average molecular weight is 202 g/mol. The number of carboxylic acids is 1. The Morgan fingerprint density at radius 2 is 2.38 bits per heavy atom. The molecular weight excluding hydrogens is 188 g/mol. The highest BCUT2D eigenvalue weighted by molar-refractivity contribution is 7.80. The Balaban J connectivity index is 2.41. The first-order valence-electron chi connectivity index (χ1n) is 4.33. The monoisotopic (exact) mass is 202 g/mol. The lowest BCUT2D eigenvalue weighted by atomic mass is 9.98. The van der Waals surface area contributed by atoms with Crippen molar-refractivity contribution in [2.45, 2.75) is 12.8 Å². The molecule has 0 saturated carbocycles. The van der Waals surface area contributed by atoms with Gasteiger partial charge in [-0.2, -0.15) is 0 Å². The van der Waals surface area contributed by atoms with E-state index in [1.54, 1.807) is 0 Å². The number of nitrogens with two attached hydrogens (primary N) is 1. The van der Waals surface area contributed by atoms with E-state index in [0.29, 0.717) is 18.1 Å². The summed E-state index contributed by atoms with van der Waals surface area (Å²) in [6.45, 7) is 2.02. The standard InChI is InChI=1S/C8H14N2O2S/c9-7(13)5-10-3-1-2-6(4-10)8(11)12/h6H,1-5H2,(H2,9,13)(H,11,12). The highest BCUT2D eigenvalue weighted by atomic mass is 32.1. The van der Waals surface area contributed by atoms with Gasteiger partial charge in [-0.25, -0.2) is 0 Å². The topological polar surface area (TPSA) is 66.6 Å². The van der Waals surface area contributed by atoms with E-state index in [4.69, 9.17) is 23.1 Å². The van der Waals surface area contributed by atoms with Crippen LogP contribution in [0.4, 0.5) is 0 Å². The van der Waals surface area contributed by atoms with Crippen molar-refractivity contribution in [3.63, 3.8) is 0 Å². The maximum atomic E-state index is 10.7. The molecule has 4 nitrogen and oxygen atoms in total. The SMILES string of the molecule is NC(=S)CN1CCCC(C(=O)O)C1. The van der Waals surface area contributed by atoms with Crippen molar-refractivity contribution in [1.29, 1.82) is 0 Å². The largest absolute Gasteiger partial charge is 0.481 e. The van der Waals surface area contributed by atoms with Gasteiger partial charge in [0.05, 0.1) is 10.9 Å². The molecule has 0 radical (unpaired) electrons. The molecule has 1 saturated heterocycles. The summed E-state index contributed by atoms with van der Waals surface area (Å²) in [5.74, 6) is -0.962. The fourth-order valence-electron chi connectivity index (χ4n) is 1.62. The molecule has 0 spiro atoms. The summed E-state index contributed by atoms with van der Waals surface area (Å²) in [6, 6.07) is 0. The molecule has 1 unspecified atom stereocenters. The number of hydrogen-bond acceptors (Lipinski definition) is 3. The third-order valence-electron chi connectivity index (χ3n) is 2.23. The Morgan fingerprint density at radius 3 is 2.92 bits per heavy atom. The van der Waals surface area contributed by atoms with E-state index in [1.165, 1.54) is 0 Å². The zero-order valence-corrected chi connectivity index (χ0v) is 8.22. The van der Waals surface area contributed by atoms with Gasteiger partial charge in [-0.05, 0) is 19.4 Å². The fourth-order valence-corrected chi connectivity index (χ4v) is 1.80. The first kappa shape index (κ1) is 10.4. The third-order valence-corrected chi connectivity index (χ3v) is 2.36. The van der Waals surface area contributed by atoms with E-state index in [1.807, 2.05) is 4.90 Å². The summed E-state index contributed by atoms with van der Waals surface area (Å²) < 4.78 is 0. The molecule has 0 amide bonds. The number of thiocarbonyl (C=S) groups is 1. The minimum atomic E-state index is -0.715. The number of aliphatic carboxylic acids is 1. The quantitative estimate of drug-likeness (QED) is 0.634. The number of piperidine rings is 1. The molecule has 3 N–H and O–H groups in total. The van der Waals surface area contributed by atoms with Crippen LogP contribution >= 0.6 is 12.2 Å². The van der Waals surface area contributed by atoms with Gasteiger partial charge in [0.15, 0.2) is 0 Å². The molecule has 5 heteroatoms. The van der Waals surface area contributed by atoms with E-state index in [2.05, 4.69) is 0 Å². The van der Waals surface area contributed by atoms with Crippen LogP contribution in [0.3, 0.4) is 0 Å². The van der Waals surface area contributed by atoms with E-state index >= 15 is 0 Å². The second-order valence-corrected chi connectivity index (χ2v) is 3.90. The smallest absolute Gasteiger partial charge is 0.307 e. The molecule has 0 bridgehead atoms. The normalized spacial score (nSPS) is 24.2. The Hall–Kier alpha value is -0.680. The van der Waals surface area contributed by atoms with Gasteiger partial charge < -0.3 is 10.8 Å². The third kappa shape index (κ3) is 3.28. The van der Waals surface area contributed by atoms with Crippen LogP contribution in [-0.2, 0) is 4.79 Å². The Kier molecular flexibility index (Phi) is 3.62. The maximum Gasteiger partial charge on any atom is 0.307 e.